The Bertz CT molecular complexity index is 748. The normalized spacial score (nSPS) is 14.1. The van der Waals surface area contributed by atoms with Crippen LogP contribution in [0.1, 0.15) is 34.3 Å². The van der Waals surface area contributed by atoms with E-state index in [2.05, 4.69) is 0 Å². The first-order valence-electron chi connectivity index (χ1n) is 6.74. The van der Waals surface area contributed by atoms with Crippen molar-refractivity contribution >= 4 is 17.0 Å². The smallest absolute Gasteiger partial charge is 0.270 e. The second-order valence-electron chi connectivity index (χ2n) is 4.93. The highest BCUT2D eigenvalue weighted by Gasteiger charge is 2.21. The first-order chi connectivity index (χ1) is 10.2. The highest BCUT2D eigenvalue weighted by molar-refractivity contribution is 6.04. The molecule has 0 saturated heterocycles. The molecule has 0 heterocycles. The van der Waals surface area contributed by atoms with Crippen LogP contribution in [0.2, 0.25) is 0 Å². The lowest BCUT2D eigenvalue weighted by Crippen LogP contribution is -2.02. The van der Waals surface area contributed by atoms with Gasteiger partial charge in [-0.05, 0) is 29.2 Å². The SMILES string of the molecule is O=C1CCC=C(c2ccccc2)c2ccc([N+](=O)[O-])cc21. The number of carbonyl (C=O) groups is 1. The number of carbonyl (C=O) groups excluding carboxylic acids is 1. The summed E-state index contributed by atoms with van der Waals surface area (Å²) >= 11 is 0. The minimum atomic E-state index is -0.468. The van der Waals surface area contributed by atoms with Gasteiger partial charge in [0.25, 0.3) is 5.69 Å². The third-order valence-corrected chi connectivity index (χ3v) is 3.61. The maximum absolute atomic E-state index is 12.2. The number of nitro groups is 1. The number of nitrogens with zero attached hydrogens (tertiary/aromatic N) is 1. The predicted octanol–water partition coefficient (Wildman–Crippen LogP) is 4.00. The van der Waals surface area contributed by atoms with E-state index >= 15 is 0 Å². The van der Waals surface area contributed by atoms with Gasteiger partial charge in [-0.1, -0.05) is 36.4 Å². The van der Waals surface area contributed by atoms with Gasteiger partial charge in [0.2, 0.25) is 0 Å². The summed E-state index contributed by atoms with van der Waals surface area (Å²) in [4.78, 5) is 22.6. The van der Waals surface area contributed by atoms with Crippen molar-refractivity contribution in [1.82, 2.24) is 0 Å². The van der Waals surface area contributed by atoms with Crippen molar-refractivity contribution in [3.05, 3.63) is 81.4 Å². The maximum atomic E-state index is 12.2. The summed E-state index contributed by atoms with van der Waals surface area (Å²) in [6.07, 6.45) is 3.06. The van der Waals surface area contributed by atoms with Crippen LogP contribution in [0, 0.1) is 10.1 Å². The second-order valence-corrected chi connectivity index (χ2v) is 4.93. The lowest BCUT2D eigenvalue weighted by Gasteiger charge is -2.10. The summed E-state index contributed by atoms with van der Waals surface area (Å²) in [7, 11) is 0. The Morgan fingerprint density at radius 2 is 1.76 bits per heavy atom. The fourth-order valence-electron chi connectivity index (χ4n) is 2.59. The molecule has 1 aliphatic rings. The molecule has 2 aromatic rings. The number of allylic oxidation sites excluding steroid dienone is 1. The Balaban J connectivity index is 2.18. The highest BCUT2D eigenvalue weighted by Crippen LogP contribution is 2.32. The van der Waals surface area contributed by atoms with E-state index in [9.17, 15) is 14.9 Å². The summed E-state index contributed by atoms with van der Waals surface area (Å²) in [5.74, 6) is -0.0455. The van der Waals surface area contributed by atoms with E-state index in [0.29, 0.717) is 18.4 Å². The van der Waals surface area contributed by atoms with E-state index in [1.807, 2.05) is 36.4 Å². The summed E-state index contributed by atoms with van der Waals surface area (Å²) in [5.41, 5.74) is 3.15. The van der Waals surface area contributed by atoms with E-state index in [4.69, 9.17) is 0 Å². The number of hydrogen-bond donors (Lipinski definition) is 0. The van der Waals surface area contributed by atoms with Crippen LogP contribution in [0.4, 0.5) is 5.69 Å². The molecule has 0 fully saturated rings. The Kier molecular flexibility index (Phi) is 3.36. The first kappa shape index (κ1) is 13.2. The van der Waals surface area contributed by atoms with Gasteiger partial charge in [0, 0.05) is 24.1 Å². The van der Waals surface area contributed by atoms with Crippen LogP contribution in [0.25, 0.3) is 5.57 Å². The van der Waals surface area contributed by atoms with E-state index in [-0.39, 0.29) is 11.5 Å². The Morgan fingerprint density at radius 3 is 2.48 bits per heavy atom. The summed E-state index contributed by atoms with van der Waals surface area (Å²) < 4.78 is 0. The third kappa shape index (κ3) is 2.48. The molecule has 0 unspecified atom stereocenters. The van der Waals surface area contributed by atoms with Crippen LogP contribution in [-0.2, 0) is 0 Å². The predicted molar refractivity (Wildman–Crippen MR) is 80.2 cm³/mol. The average molecular weight is 279 g/mol. The lowest BCUT2D eigenvalue weighted by molar-refractivity contribution is -0.384. The molecule has 4 nitrogen and oxygen atoms in total. The van der Waals surface area contributed by atoms with E-state index in [1.54, 1.807) is 6.07 Å². The maximum Gasteiger partial charge on any atom is 0.270 e. The van der Waals surface area contributed by atoms with Crippen molar-refractivity contribution in [2.24, 2.45) is 0 Å². The van der Waals surface area contributed by atoms with Crippen molar-refractivity contribution in [3.8, 4) is 0 Å². The van der Waals surface area contributed by atoms with Crippen LogP contribution < -0.4 is 0 Å². The molecule has 4 heteroatoms. The Hall–Kier alpha value is -2.75. The largest absolute Gasteiger partial charge is 0.294 e. The van der Waals surface area contributed by atoms with Crippen molar-refractivity contribution in [2.75, 3.05) is 0 Å². The van der Waals surface area contributed by atoms with Gasteiger partial charge < -0.3 is 0 Å². The molecule has 0 aromatic heterocycles. The standard InChI is InChI=1S/C17H13NO3/c19-17-8-4-7-14(12-5-2-1-3-6-12)15-10-9-13(18(20)21)11-16(15)17/h1-3,5-7,9-11H,4,8H2. The molecule has 0 atom stereocenters. The van der Waals surface area contributed by atoms with E-state index in [1.165, 1.54) is 12.1 Å². The number of ketones is 1. The Labute approximate surface area is 121 Å². The summed E-state index contributed by atoms with van der Waals surface area (Å²) in [5, 5.41) is 10.9. The average Bonchev–Trinajstić information content (AvgIpc) is 2.67. The number of Topliss-reactive ketones (excluding diaryl/α,β-unsaturated/α-hetero) is 1. The monoisotopic (exact) mass is 279 g/mol. The molecular weight excluding hydrogens is 266 g/mol. The molecule has 0 aliphatic heterocycles. The molecule has 0 amide bonds. The first-order valence-corrected chi connectivity index (χ1v) is 6.74. The van der Waals surface area contributed by atoms with Crippen molar-refractivity contribution in [3.63, 3.8) is 0 Å². The van der Waals surface area contributed by atoms with Crippen LogP contribution >= 0.6 is 0 Å². The fourth-order valence-corrected chi connectivity index (χ4v) is 2.59. The number of rotatable bonds is 2. The number of benzene rings is 2. The molecule has 2 aromatic carbocycles. The highest BCUT2D eigenvalue weighted by atomic mass is 16.6. The van der Waals surface area contributed by atoms with Crippen LogP contribution in [0.15, 0.2) is 54.6 Å². The lowest BCUT2D eigenvalue weighted by atomic mass is 9.93. The van der Waals surface area contributed by atoms with Gasteiger partial charge in [-0.15, -0.1) is 0 Å². The Morgan fingerprint density at radius 1 is 1.00 bits per heavy atom. The molecule has 0 spiro atoms. The van der Waals surface area contributed by atoms with E-state index in [0.717, 1.165) is 16.7 Å². The molecule has 3 rings (SSSR count). The topological polar surface area (TPSA) is 60.2 Å². The van der Waals surface area contributed by atoms with Crippen LogP contribution in [0.3, 0.4) is 0 Å². The number of fused-ring (bicyclic) bond motifs is 1. The molecule has 0 radical (unpaired) electrons. The zero-order chi connectivity index (χ0) is 14.8. The molecule has 1 aliphatic carbocycles. The van der Waals surface area contributed by atoms with Gasteiger partial charge in [0.1, 0.15) is 0 Å². The molecule has 0 bridgehead atoms. The minimum absolute atomic E-state index is 0.0450. The van der Waals surface area contributed by atoms with Crippen molar-refractivity contribution in [1.29, 1.82) is 0 Å². The van der Waals surface area contributed by atoms with Gasteiger partial charge in [0.15, 0.2) is 5.78 Å². The van der Waals surface area contributed by atoms with Crippen molar-refractivity contribution in [2.45, 2.75) is 12.8 Å². The summed E-state index contributed by atoms with van der Waals surface area (Å²) in [6.45, 7) is 0. The van der Waals surface area contributed by atoms with E-state index < -0.39 is 4.92 Å². The summed E-state index contributed by atoms with van der Waals surface area (Å²) in [6, 6.07) is 14.3. The molecule has 21 heavy (non-hydrogen) atoms. The number of non-ortho nitro benzene ring substituents is 1. The van der Waals surface area contributed by atoms with Crippen LogP contribution in [0.5, 0.6) is 0 Å². The molecule has 104 valence electrons. The fraction of sp³-hybridized carbons (Fsp3) is 0.118. The molecule has 0 N–H and O–H groups in total. The third-order valence-electron chi connectivity index (χ3n) is 3.61. The van der Waals surface area contributed by atoms with Gasteiger partial charge in [-0.2, -0.15) is 0 Å². The van der Waals surface area contributed by atoms with Gasteiger partial charge in [0.05, 0.1) is 4.92 Å². The molecule has 0 saturated carbocycles. The van der Waals surface area contributed by atoms with Gasteiger partial charge in [-0.3, -0.25) is 14.9 Å². The van der Waals surface area contributed by atoms with Crippen molar-refractivity contribution < 1.29 is 9.72 Å². The minimum Gasteiger partial charge on any atom is -0.294 e. The van der Waals surface area contributed by atoms with Gasteiger partial charge >= 0.3 is 0 Å². The number of hydrogen-bond acceptors (Lipinski definition) is 3. The zero-order valence-corrected chi connectivity index (χ0v) is 11.3. The molecular formula is C17H13NO3. The zero-order valence-electron chi connectivity index (χ0n) is 11.3. The quantitative estimate of drug-likeness (QED) is 0.616. The van der Waals surface area contributed by atoms with Crippen LogP contribution in [-0.4, -0.2) is 10.7 Å². The second kappa shape index (κ2) is 5.32. The van der Waals surface area contributed by atoms with Gasteiger partial charge in [-0.25, -0.2) is 0 Å². The number of nitro benzene ring substituents is 1.